The van der Waals surface area contributed by atoms with Gasteiger partial charge in [0, 0.05) is 44.3 Å². The van der Waals surface area contributed by atoms with E-state index in [9.17, 15) is 4.79 Å². The molecule has 6 rings (SSSR count). The molecular weight excluding hydrogens is 592 g/mol. The minimum Gasteiger partial charge on any atom is -0.480 e. The predicted octanol–water partition coefficient (Wildman–Crippen LogP) is 5.09. The molecule has 0 radical (unpaired) electrons. The Hall–Kier alpha value is -3.42. The molecule has 2 aromatic heterocycles. The Bertz CT molecular complexity index is 1490. The van der Waals surface area contributed by atoms with Gasteiger partial charge < -0.3 is 40.4 Å². The molecule has 45 heavy (non-hydrogen) atoms. The van der Waals surface area contributed by atoms with Crippen LogP contribution in [0.1, 0.15) is 59.3 Å². The number of rotatable bonds is 7. The second-order valence-electron chi connectivity index (χ2n) is 13.1. The number of ether oxygens (including phenoxy) is 3. The molecule has 4 N–H and O–H groups in total. The Morgan fingerprint density at radius 3 is 2.60 bits per heavy atom. The van der Waals surface area contributed by atoms with Crippen molar-refractivity contribution in [2.24, 2.45) is 5.73 Å². The number of aromatic nitrogens is 3. The molecule has 4 heterocycles. The minimum atomic E-state index is -0.555. The fourth-order valence-corrected chi connectivity index (χ4v) is 7.30. The van der Waals surface area contributed by atoms with E-state index in [1.54, 1.807) is 23.3 Å². The highest BCUT2D eigenvalue weighted by Crippen LogP contribution is 2.42. The largest absolute Gasteiger partial charge is 0.480 e. The highest BCUT2D eigenvalue weighted by molar-refractivity contribution is 7.21. The molecule has 1 amide bonds. The number of amides is 1. The van der Waals surface area contributed by atoms with Crippen LogP contribution in [0.3, 0.4) is 0 Å². The molecule has 3 atom stereocenters. The number of nitrogens with two attached hydrogens (primary N) is 1. The summed E-state index contributed by atoms with van der Waals surface area (Å²) in [5.41, 5.74) is 8.52. The monoisotopic (exact) mass is 638 g/mol. The summed E-state index contributed by atoms with van der Waals surface area (Å²) in [6.45, 7) is 9.44. The van der Waals surface area contributed by atoms with Gasteiger partial charge in [-0.15, -0.1) is 11.3 Å². The van der Waals surface area contributed by atoms with Crippen LogP contribution in [0.15, 0.2) is 18.2 Å². The Kier molecular flexibility index (Phi) is 9.48. The molecule has 244 valence electrons. The molecular formula is C32H46N8O4S. The maximum atomic E-state index is 12.9. The first-order valence-corrected chi connectivity index (χ1v) is 17.0. The molecule has 3 aliphatic rings. The first kappa shape index (κ1) is 31.6. The van der Waals surface area contributed by atoms with Crippen molar-refractivity contribution in [3.05, 3.63) is 18.2 Å². The standard InChI is InChI=1S/C32H46N8O4S/c1-32(2,3)44-31(41)40-14-8-9-20(19-40)34-27-25(28(42-4)38-30(37-27)39-15-17-43-18-16-39)29-36-26-23(12-7-13-24(26)45-29)35-22-11-6-5-10-21(22)33/h7,12-13,20-22,35H,5-6,8-11,14-19,33H2,1-4H3,(H,34,37,38)/t20-,21+,22-/m1/s1. The minimum absolute atomic E-state index is 0.0402. The number of carbonyl (C=O) groups is 1. The summed E-state index contributed by atoms with van der Waals surface area (Å²) in [5.74, 6) is 1.68. The van der Waals surface area contributed by atoms with Crippen LogP contribution in [-0.2, 0) is 9.47 Å². The fraction of sp³-hybridized carbons (Fsp3) is 0.625. The third kappa shape index (κ3) is 7.36. The summed E-state index contributed by atoms with van der Waals surface area (Å²) >= 11 is 1.59. The van der Waals surface area contributed by atoms with Gasteiger partial charge in [0.15, 0.2) is 0 Å². The summed E-state index contributed by atoms with van der Waals surface area (Å²) in [4.78, 5) is 31.9. The maximum Gasteiger partial charge on any atom is 0.410 e. The van der Waals surface area contributed by atoms with Crippen molar-refractivity contribution in [1.82, 2.24) is 19.9 Å². The van der Waals surface area contributed by atoms with Crippen LogP contribution in [0.2, 0.25) is 0 Å². The van der Waals surface area contributed by atoms with E-state index in [1.807, 2.05) is 20.8 Å². The van der Waals surface area contributed by atoms with Gasteiger partial charge >= 0.3 is 6.09 Å². The Balaban J connectivity index is 1.35. The lowest BCUT2D eigenvalue weighted by molar-refractivity contribution is 0.0206. The first-order valence-electron chi connectivity index (χ1n) is 16.1. The number of likely N-dealkylation sites (tertiary alicyclic amines) is 1. The van der Waals surface area contributed by atoms with Crippen LogP contribution in [0.4, 0.5) is 22.2 Å². The van der Waals surface area contributed by atoms with Crippen LogP contribution in [0, 0.1) is 0 Å². The van der Waals surface area contributed by atoms with Gasteiger partial charge in [-0.2, -0.15) is 9.97 Å². The smallest absolute Gasteiger partial charge is 0.410 e. The zero-order valence-electron chi connectivity index (χ0n) is 26.8. The number of hydrogen-bond acceptors (Lipinski definition) is 12. The van der Waals surface area contributed by atoms with E-state index in [2.05, 4.69) is 33.7 Å². The maximum absolute atomic E-state index is 12.9. The SMILES string of the molecule is COc1nc(N2CCOCC2)nc(N[C@@H]2CCCN(C(=O)OC(C)(C)C)C2)c1-c1nc2c(N[C@@H]3CCCC[C@@H]3N)cccc2s1. The van der Waals surface area contributed by atoms with Gasteiger partial charge in [-0.1, -0.05) is 18.9 Å². The fourth-order valence-electron chi connectivity index (χ4n) is 6.27. The average molecular weight is 639 g/mol. The van der Waals surface area contributed by atoms with Crippen molar-refractivity contribution < 1.29 is 19.0 Å². The molecule has 12 nitrogen and oxygen atoms in total. The zero-order valence-corrected chi connectivity index (χ0v) is 27.6. The van der Waals surface area contributed by atoms with Crippen molar-refractivity contribution in [2.45, 2.75) is 83.0 Å². The summed E-state index contributed by atoms with van der Waals surface area (Å²) in [6.07, 6.45) is 5.87. The van der Waals surface area contributed by atoms with Gasteiger partial charge in [-0.3, -0.25) is 0 Å². The quantitative estimate of drug-likeness (QED) is 0.319. The van der Waals surface area contributed by atoms with Crippen LogP contribution in [0.5, 0.6) is 5.88 Å². The summed E-state index contributed by atoms with van der Waals surface area (Å²) in [6, 6.07) is 6.53. The summed E-state index contributed by atoms with van der Waals surface area (Å²) in [5, 5.41) is 8.14. The lowest BCUT2D eigenvalue weighted by atomic mass is 9.91. The van der Waals surface area contributed by atoms with Crippen molar-refractivity contribution in [2.75, 3.05) is 62.0 Å². The number of anilines is 3. The molecule has 2 saturated heterocycles. The topological polar surface area (TPSA) is 140 Å². The first-order chi connectivity index (χ1) is 21.7. The summed E-state index contributed by atoms with van der Waals surface area (Å²) < 4.78 is 18.3. The van der Waals surface area contributed by atoms with Gasteiger partial charge in [0.25, 0.3) is 0 Å². The third-order valence-corrected chi connectivity index (χ3v) is 9.60. The Morgan fingerprint density at radius 2 is 1.84 bits per heavy atom. The lowest BCUT2D eigenvalue weighted by Crippen LogP contribution is -2.47. The molecule has 2 aliphatic heterocycles. The molecule has 1 aromatic carbocycles. The van der Waals surface area contributed by atoms with E-state index in [0.717, 1.165) is 46.6 Å². The molecule has 0 spiro atoms. The second-order valence-corrected chi connectivity index (χ2v) is 14.2. The lowest BCUT2D eigenvalue weighted by Gasteiger charge is -2.35. The van der Waals surface area contributed by atoms with Gasteiger partial charge in [-0.05, 0) is 58.6 Å². The number of methoxy groups -OCH3 is 1. The van der Waals surface area contributed by atoms with E-state index >= 15 is 0 Å². The molecule has 0 unspecified atom stereocenters. The molecule has 3 aromatic rings. The van der Waals surface area contributed by atoms with Crippen LogP contribution >= 0.6 is 11.3 Å². The van der Waals surface area contributed by atoms with E-state index in [4.69, 9.17) is 34.9 Å². The molecule has 13 heteroatoms. The highest BCUT2D eigenvalue weighted by Gasteiger charge is 2.31. The number of para-hydroxylation sites is 1. The van der Waals surface area contributed by atoms with Crippen molar-refractivity contribution in [3.63, 3.8) is 0 Å². The van der Waals surface area contributed by atoms with Gasteiger partial charge in [0.1, 0.15) is 27.5 Å². The average Bonchev–Trinajstić information content (AvgIpc) is 3.46. The second kappa shape index (κ2) is 13.5. The summed E-state index contributed by atoms with van der Waals surface area (Å²) in [7, 11) is 1.63. The number of morpholine rings is 1. The van der Waals surface area contributed by atoms with E-state index in [-0.39, 0.29) is 24.2 Å². The van der Waals surface area contributed by atoms with Crippen molar-refractivity contribution >= 4 is 45.1 Å². The third-order valence-electron chi connectivity index (χ3n) is 8.56. The van der Waals surface area contributed by atoms with Crippen molar-refractivity contribution in [3.8, 4) is 16.5 Å². The number of thiazole rings is 1. The number of nitrogens with one attached hydrogen (secondary N) is 2. The number of nitrogens with zero attached hydrogens (tertiary/aromatic N) is 5. The van der Waals surface area contributed by atoms with E-state index < -0.39 is 5.60 Å². The zero-order chi connectivity index (χ0) is 31.6. The molecule has 0 bridgehead atoms. The van der Waals surface area contributed by atoms with E-state index in [0.29, 0.717) is 62.6 Å². The Labute approximate surface area is 269 Å². The Morgan fingerprint density at radius 1 is 1.04 bits per heavy atom. The number of fused-ring (bicyclic) bond motifs is 1. The number of carbonyl (C=O) groups excluding carboxylic acids is 1. The van der Waals surface area contributed by atoms with Crippen LogP contribution in [-0.4, -0.2) is 96.2 Å². The predicted molar refractivity (Wildman–Crippen MR) is 179 cm³/mol. The van der Waals surface area contributed by atoms with Gasteiger partial charge in [-0.25, -0.2) is 9.78 Å². The van der Waals surface area contributed by atoms with E-state index in [1.165, 1.54) is 12.8 Å². The van der Waals surface area contributed by atoms with Gasteiger partial charge in [0.05, 0.1) is 30.7 Å². The molecule has 1 aliphatic carbocycles. The normalized spacial score (nSPS) is 22.7. The van der Waals surface area contributed by atoms with Crippen LogP contribution in [0.25, 0.3) is 20.8 Å². The van der Waals surface area contributed by atoms with Gasteiger partial charge in [0.2, 0.25) is 11.8 Å². The number of piperidine rings is 1. The van der Waals surface area contributed by atoms with Crippen molar-refractivity contribution in [1.29, 1.82) is 0 Å². The molecule has 1 saturated carbocycles. The highest BCUT2D eigenvalue weighted by atomic mass is 32.1. The molecule has 3 fully saturated rings. The number of hydrogen-bond donors (Lipinski definition) is 3. The number of benzene rings is 1. The van der Waals surface area contributed by atoms with Crippen LogP contribution < -0.4 is 26.0 Å².